The summed E-state index contributed by atoms with van der Waals surface area (Å²) < 4.78 is 19.9. The molecule has 2 rings (SSSR count). The first-order chi connectivity index (χ1) is 8.61. The fourth-order valence-corrected chi connectivity index (χ4v) is 2.41. The quantitative estimate of drug-likeness (QED) is 0.587. The molecule has 18 heavy (non-hydrogen) atoms. The number of hydrogen-bond acceptors (Lipinski definition) is 1. The third kappa shape index (κ3) is 3.05. The Kier molecular flexibility index (Phi) is 4.65. The summed E-state index contributed by atoms with van der Waals surface area (Å²) in [6.07, 6.45) is 0. The predicted octanol–water partition coefficient (Wildman–Crippen LogP) is 5.93. The van der Waals surface area contributed by atoms with Crippen LogP contribution < -0.4 is 4.74 Å². The first-order valence-electron chi connectivity index (χ1n) is 5.08. The predicted molar refractivity (Wildman–Crippen MR) is 78.3 cm³/mol. The van der Waals surface area contributed by atoms with Crippen LogP contribution >= 0.6 is 43.5 Å². The van der Waals surface area contributed by atoms with E-state index in [0.29, 0.717) is 5.75 Å². The molecule has 0 saturated heterocycles. The van der Waals surface area contributed by atoms with Gasteiger partial charge in [-0.25, -0.2) is 4.39 Å². The largest absolute Gasteiger partial charge is 0.453 e. The number of ether oxygens (including phenoxy) is 1. The molecule has 2 aromatic rings. The van der Waals surface area contributed by atoms with Gasteiger partial charge in [0.05, 0.1) is 9.50 Å². The Morgan fingerprint density at radius 3 is 2.61 bits per heavy atom. The van der Waals surface area contributed by atoms with Crippen LogP contribution in [0.25, 0.3) is 0 Å². The molecule has 0 heterocycles. The number of hydrogen-bond donors (Lipinski definition) is 0. The van der Waals surface area contributed by atoms with Gasteiger partial charge in [-0.2, -0.15) is 0 Å². The number of rotatable bonds is 3. The van der Waals surface area contributed by atoms with Crippen molar-refractivity contribution in [3.8, 4) is 11.5 Å². The molecular weight excluding hydrogens is 386 g/mol. The van der Waals surface area contributed by atoms with Gasteiger partial charge in [-0.1, -0.05) is 39.7 Å². The van der Waals surface area contributed by atoms with Crippen molar-refractivity contribution in [1.82, 2.24) is 0 Å². The van der Waals surface area contributed by atoms with E-state index in [9.17, 15) is 4.39 Å². The molecule has 1 nitrogen and oxygen atoms in total. The average Bonchev–Trinajstić information content (AvgIpc) is 2.37. The topological polar surface area (TPSA) is 9.23 Å². The van der Waals surface area contributed by atoms with Crippen LogP contribution in [0.3, 0.4) is 0 Å². The lowest BCUT2D eigenvalue weighted by molar-refractivity contribution is 0.440. The molecule has 0 radical (unpaired) electrons. The van der Waals surface area contributed by atoms with E-state index in [1.807, 2.05) is 12.1 Å². The fraction of sp³-hybridized carbons (Fsp3) is 0.0769. The zero-order valence-electron chi connectivity index (χ0n) is 9.09. The summed E-state index contributed by atoms with van der Waals surface area (Å²) in [6, 6.07) is 10.2. The maximum absolute atomic E-state index is 13.7. The second-order valence-corrected chi connectivity index (χ2v) is 5.37. The number of benzene rings is 2. The first-order valence-corrected chi connectivity index (χ1v) is 7.37. The van der Waals surface area contributed by atoms with Gasteiger partial charge < -0.3 is 4.74 Å². The average molecular weight is 394 g/mol. The molecule has 0 unspecified atom stereocenters. The Hall–Kier alpha value is -0.580. The van der Waals surface area contributed by atoms with Gasteiger partial charge in [-0.15, -0.1) is 0 Å². The summed E-state index contributed by atoms with van der Waals surface area (Å²) in [5.41, 5.74) is 1.10. The summed E-state index contributed by atoms with van der Waals surface area (Å²) in [4.78, 5) is 0. The highest BCUT2D eigenvalue weighted by Gasteiger charge is 2.10. The summed E-state index contributed by atoms with van der Waals surface area (Å²) in [5, 5.41) is 0.790. The van der Waals surface area contributed by atoms with Crippen LogP contribution in [0.15, 0.2) is 40.9 Å². The summed E-state index contributed by atoms with van der Waals surface area (Å²) >= 11 is 12.4. The normalized spacial score (nSPS) is 10.4. The van der Waals surface area contributed by atoms with E-state index in [0.717, 1.165) is 15.4 Å². The van der Waals surface area contributed by atoms with Crippen LogP contribution in [-0.4, -0.2) is 0 Å². The van der Waals surface area contributed by atoms with Gasteiger partial charge in [0, 0.05) is 5.33 Å². The molecule has 5 heteroatoms. The van der Waals surface area contributed by atoms with E-state index >= 15 is 0 Å². The summed E-state index contributed by atoms with van der Waals surface area (Å²) in [6.45, 7) is 0. The van der Waals surface area contributed by atoms with Crippen LogP contribution in [0.5, 0.6) is 11.5 Å². The van der Waals surface area contributed by atoms with Crippen LogP contribution in [0.1, 0.15) is 5.56 Å². The van der Waals surface area contributed by atoms with Crippen molar-refractivity contribution in [3.63, 3.8) is 0 Å². The van der Waals surface area contributed by atoms with E-state index in [4.69, 9.17) is 16.3 Å². The third-order valence-corrected chi connectivity index (χ3v) is 3.85. The number of halogens is 4. The smallest absolute Gasteiger partial charge is 0.184 e. The second-order valence-electron chi connectivity index (χ2n) is 3.55. The highest BCUT2D eigenvalue weighted by Crippen LogP contribution is 2.33. The van der Waals surface area contributed by atoms with Crippen LogP contribution in [0.4, 0.5) is 4.39 Å². The fourth-order valence-electron chi connectivity index (χ4n) is 1.39. The third-order valence-electron chi connectivity index (χ3n) is 2.29. The Morgan fingerprint density at radius 2 is 1.94 bits per heavy atom. The number of alkyl halides is 1. The van der Waals surface area contributed by atoms with Crippen molar-refractivity contribution in [3.05, 3.63) is 57.3 Å². The highest BCUT2D eigenvalue weighted by atomic mass is 79.9. The summed E-state index contributed by atoms with van der Waals surface area (Å²) in [7, 11) is 0. The van der Waals surface area contributed by atoms with Gasteiger partial charge in [0.1, 0.15) is 5.75 Å². The van der Waals surface area contributed by atoms with Crippen molar-refractivity contribution in [2.45, 2.75) is 5.33 Å². The Balaban J connectivity index is 2.31. The maximum Gasteiger partial charge on any atom is 0.184 e. The van der Waals surface area contributed by atoms with Gasteiger partial charge in [-0.3, -0.25) is 0 Å². The molecule has 94 valence electrons. The maximum atomic E-state index is 13.7. The van der Waals surface area contributed by atoms with Crippen molar-refractivity contribution in [2.75, 3.05) is 0 Å². The molecule has 0 aliphatic rings. The van der Waals surface area contributed by atoms with Gasteiger partial charge in [0.2, 0.25) is 0 Å². The Labute approximate surface area is 126 Å². The van der Waals surface area contributed by atoms with E-state index < -0.39 is 5.82 Å². The van der Waals surface area contributed by atoms with Crippen molar-refractivity contribution in [2.24, 2.45) is 0 Å². The molecule has 0 spiro atoms. The van der Waals surface area contributed by atoms with Crippen molar-refractivity contribution < 1.29 is 9.13 Å². The van der Waals surface area contributed by atoms with E-state index in [2.05, 4.69) is 31.9 Å². The van der Waals surface area contributed by atoms with Gasteiger partial charge in [-0.05, 0) is 45.8 Å². The molecule has 0 fully saturated rings. The lowest BCUT2D eigenvalue weighted by Crippen LogP contribution is -1.90. The molecule has 0 amide bonds. The van der Waals surface area contributed by atoms with E-state index in [-0.39, 0.29) is 10.8 Å². The molecule has 0 saturated carbocycles. The molecular formula is C13H8Br2ClFO. The zero-order valence-corrected chi connectivity index (χ0v) is 13.0. The van der Waals surface area contributed by atoms with Crippen molar-refractivity contribution >= 4 is 43.5 Å². The molecule has 0 N–H and O–H groups in total. The minimum atomic E-state index is -0.560. The lowest BCUT2D eigenvalue weighted by Gasteiger charge is -2.10. The van der Waals surface area contributed by atoms with Crippen LogP contribution in [-0.2, 0) is 5.33 Å². The Morgan fingerprint density at radius 1 is 1.17 bits per heavy atom. The van der Waals surface area contributed by atoms with Gasteiger partial charge >= 0.3 is 0 Å². The lowest BCUT2D eigenvalue weighted by atomic mass is 10.2. The minimum absolute atomic E-state index is 0.0423. The molecule has 0 aromatic heterocycles. The van der Waals surface area contributed by atoms with E-state index in [1.54, 1.807) is 12.1 Å². The van der Waals surface area contributed by atoms with Crippen molar-refractivity contribution in [1.29, 1.82) is 0 Å². The standard InChI is InChI=1S/C13H8Br2ClFO/c14-7-8-4-5-11(9(15)6-8)18-12-3-1-2-10(16)13(12)17/h1-6H,7H2. The second kappa shape index (κ2) is 6.04. The first kappa shape index (κ1) is 13.8. The van der Waals surface area contributed by atoms with Crippen LogP contribution in [0, 0.1) is 5.82 Å². The molecule has 0 atom stereocenters. The molecule has 0 bridgehead atoms. The van der Waals surface area contributed by atoms with E-state index in [1.165, 1.54) is 12.1 Å². The van der Waals surface area contributed by atoms with Gasteiger partial charge in [0.25, 0.3) is 0 Å². The van der Waals surface area contributed by atoms with Crippen LogP contribution in [0.2, 0.25) is 5.02 Å². The minimum Gasteiger partial charge on any atom is -0.453 e. The Bertz CT molecular complexity index is 575. The molecule has 0 aliphatic carbocycles. The monoisotopic (exact) mass is 392 g/mol. The van der Waals surface area contributed by atoms with Gasteiger partial charge in [0.15, 0.2) is 11.6 Å². The molecule has 0 aliphatic heterocycles. The zero-order chi connectivity index (χ0) is 13.1. The summed E-state index contributed by atoms with van der Waals surface area (Å²) in [5.74, 6) is 0.0892. The molecule has 2 aromatic carbocycles. The SMILES string of the molecule is Fc1c(Cl)cccc1Oc1ccc(CBr)cc1Br. The highest BCUT2D eigenvalue weighted by molar-refractivity contribution is 9.10.